The first kappa shape index (κ1) is 28.1. The topological polar surface area (TPSA) is 115 Å². The van der Waals surface area contributed by atoms with E-state index in [-0.39, 0.29) is 13.5 Å². The standard InChI is InChI=1S/C22H19ClF3N5O4S.CH4/c23-14-7-5-13(6-8-14)20-28-30(21(33)31(20)15-9-10-15)12-19(32)27-11-18(29-36(34)35)16-3-1-2-4-17(16)22(24,25)26;/h1-8,15,18H,9-12H2,(H,27,32);1H4. The van der Waals surface area contributed by atoms with Gasteiger partial charge in [-0.2, -0.15) is 26.0 Å². The molecule has 1 atom stereocenters. The van der Waals surface area contributed by atoms with Crippen LogP contribution in [0.2, 0.25) is 5.02 Å². The number of alkyl halides is 3. The summed E-state index contributed by atoms with van der Waals surface area (Å²) in [5.41, 5.74) is -1.36. The smallest absolute Gasteiger partial charge is 0.352 e. The Morgan fingerprint density at radius 3 is 2.41 bits per heavy atom. The summed E-state index contributed by atoms with van der Waals surface area (Å²) in [4.78, 5) is 25.5. The third-order valence-electron chi connectivity index (χ3n) is 5.51. The van der Waals surface area contributed by atoms with Gasteiger partial charge < -0.3 is 5.32 Å². The maximum absolute atomic E-state index is 13.4. The van der Waals surface area contributed by atoms with E-state index in [1.54, 1.807) is 24.3 Å². The number of aromatic nitrogens is 3. The van der Waals surface area contributed by atoms with Crippen LogP contribution in [0.1, 0.15) is 43.5 Å². The van der Waals surface area contributed by atoms with E-state index in [9.17, 15) is 31.2 Å². The number of halogens is 4. The highest BCUT2D eigenvalue weighted by Crippen LogP contribution is 2.37. The van der Waals surface area contributed by atoms with Gasteiger partial charge in [0.25, 0.3) is 0 Å². The number of rotatable bonds is 8. The maximum atomic E-state index is 13.4. The first-order valence-electron chi connectivity index (χ1n) is 10.7. The van der Waals surface area contributed by atoms with E-state index in [1.807, 2.05) is 0 Å². The Bertz CT molecular complexity index is 1470. The van der Waals surface area contributed by atoms with Crippen molar-refractivity contribution >= 4 is 28.0 Å². The fourth-order valence-electron chi connectivity index (χ4n) is 3.74. The van der Waals surface area contributed by atoms with Crippen LogP contribution in [0.15, 0.2) is 57.7 Å². The molecule has 198 valence electrons. The van der Waals surface area contributed by atoms with Gasteiger partial charge >= 0.3 is 22.4 Å². The van der Waals surface area contributed by atoms with Gasteiger partial charge in [0, 0.05) is 23.2 Å². The monoisotopic (exact) mass is 557 g/mol. The molecule has 0 saturated heterocycles. The van der Waals surface area contributed by atoms with Crippen LogP contribution in [0, 0.1) is 0 Å². The number of hydrogen-bond donors (Lipinski definition) is 1. The van der Waals surface area contributed by atoms with Crippen LogP contribution in [-0.2, 0) is 28.0 Å². The summed E-state index contributed by atoms with van der Waals surface area (Å²) >= 11 is 5.93. The van der Waals surface area contributed by atoms with Crippen molar-refractivity contribution in [2.45, 2.75) is 45.1 Å². The van der Waals surface area contributed by atoms with Crippen molar-refractivity contribution in [2.24, 2.45) is 4.36 Å². The number of nitrogens with one attached hydrogen (secondary N) is 1. The molecule has 0 bridgehead atoms. The van der Waals surface area contributed by atoms with Crippen molar-refractivity contribution in [3.8, 4) is 11.4 Å². The molecule has 4 rings (SSSR count). The first-order valence-corrected chi connectivity index (χ1v) is 12.1. The van der Waals surface area contributed by atoms with Crippen molar-refractivity contribution in [1.29, 1.82) is 0 Å². The molecule has 1 unspecified atom stereocenters. The molecule has 37 heavy (non-hydrogen) atoms. The summed E-state index contributed by atoms with van der Waals surface area (Å²) in [5, 5.41) is 7.15. The number of benzene rings is 2. The lowest BCUT2D eigenvalue weighted by atomic mass is 10.0. The van der Waals surface area contributed by atoms with E-state index < -0.39 is 58.5 Å². The van der Waals surface area contributed by atoms with E-state index in [2.05, 4.69) is 14.8 Å². The molecular weight excluding hydrogens is 535 g/mol. The molecule has 0 radical (unpaired) electrons. The van der Waals surface area contributed by atoms with Crippen LogP contribution >= 0.6 is 11.6 Å². The number of hydrogen-bond acceptors (Lipinski definition) is 6. The lowest BCUT2D eigenvalue weighted by molar-refractivity contribution is -0.138. The minimum atomic E-state index is -4.75. The maximum Gasteiger partial charge on any atom is 0.416 e. The van der Waals surface area contributed by atoms with Gasteiger partial charge in [-0.25, -0.2) is 9.48 Å². The lowest BCUT2D eigenvalue weighted by Gasteiger charge is -2.17. The van der Waals surface area contributed by atoms with Crippen molar-refractivity contribution < 1.29 is 26.4 Å². The fourth-order valence-corrected chi connectivity index (χ4v) is 4.26. The second kappa shape index (κ2) is 11.3. The normalized spacial score (nSPS) is 13.9. The molecule has 1 aliphatic rings. The van der Waals surface area contributed by atoms with Crippen molar-refractivity contribution in [3.63, 3.8) is 0 Å². The second-order valence-corrected chi connectivity index (χ2v) is 9.18. The number of carbonyl (C=O) groups is 1. The molecule has 1 heterocycles. The highest BCUT2D eigenvalue weighted by molar-refractivity contribution is 7.61. The van der Waals surface area contributed by atoms with Crippen LogP contribution in [-0.4, -0.2) is 35.2 Å². The number of nitrogens with zero attached hydrogens (tertiary/aromatic N) is 4. The minimum Gasteiger partial charge on any atom is -0.352 e. The van der Waals surface area contributed by atoms with E-state index in [0.29, 0.717) is 16.4 Å². The number of amides is 1. The Morgan fingerprint density at radius 1 is 1.16 bits per heavy atom. The first-order chi connectivity index (χ1) is 17.0. The predicted octanol–water partition coefficient (Wildman–Crippen LogP) is 4.28. The highest BCUT2D eigenvalue weighted by Gasteiger charge is 2.35. The van der Waals surface area contributed by atoms with E-state index in [4.69, 9.17) is 11.6 Å². The average Bonchev–Trinajstić information content (AvgIpc) is 3.60. The average molecular weight is 558 g/mol. The Labute approximate surface area is 216 Å². The Hall–Kier alpha value is -3.45. The molecule has 1 fully saturated rings. The summed E-state index contributed by atoms with van der Waals surface area (Å²) in [6, 6.07) is 9.49. The SMILES string of the molecule is C.O=C(Cn1nc(-c2ccc(Cl)cc2)n(C2CC2)c1=O)NCC(N=S(=O)=O)c1ccccc1C(F)(F)F. The van der Waals surface area contributed by atoms with Crippen LogP contribution in [0.5, 0.6) is 0 Å². The van der Waals surface area contributed by atoms with Gasteiger partial charge in [0.15, 0.2) is 5.82 Å². The Morgan fingerprint density at radius 2 is 1.81 bits per heavy atom. The third kappa shape index (κ3) is 6.66. The number of carbonyl (C=O) groups excluding carboxylic acids is 1. The van der Waals surface area contributed by atoms with Crippen LogP contribution < -0.4 is 11.0 Å². The molecule has 14 heteroatoms. The quantitative estimate of drug-likeness (QED) is 0.444. The van der Waals surface area contributed by atoms with Gasteiger partial charge in [0.05, 0.1) is 5.56 Å². The summed E-state index contributed by atoms with van der Waals surface area (Å²) < 4.78 is 68.3. The molecule has 2 aromatic carbocycles. The molecule has 9 nitrogen and oxygen atoms in total. The van der Waals surface area contributed by atoms with Gasteiger partial charge in [-0.3, -0.25) is 9.36 Å². The van der Waals surface area contributed by atoms with Crippen molar-refractivity contribution in [2.75, 3.05) is 6.54 Å². The van der Waals surface area contributed by atoms with Crippen LogP contribution in [0.25, 0.3) is 11.4 Å². The van der Waals surface area contributed by atoms with E-state index in [0.717, 1.165) is 35.7 Å². The molecule has 0 aliphatic heterocycles. The molecule has 1 aromatic heterocycles. The zero-order valence-electron chi connectivity index (χ0n) is 18.4. The Kier molecular flexibility index (Phi) is 8.59. The Balaban J connectivity index is 0.00000380. The van der Waals surface area contributed by atoms with Gasteiger partial charge in [-0.05, 0) is 48.7 Å². The molecule has 1 aliphatic carbocycles. The second-order valence-electron chi connectivity index (χ2n) is 8.10. The van der Waals surface area contributed by atoms with E-state index >= 15 is 0 Å². The van der Waals surface area contributed by atoms with Crippen LogP contribution in [0.4, 0.5) is 13.2 Å². The molecule has 1 N–H and O–H groups in total. The summed E-state index contributed by atoms with van der Waals surface area (Å²) in [5.74, 6) is -0.387. The van der Waals surface area contributed by atoms with Gasteiger partial charge in [-0.15, -0.1) is 5.10 Å². The summed E-state index contributed by atoms with van der Waals surface area (Å²) in [6.45, 7) is -1.06. The molecule has 1 saturated carbocycles. The largest absolute Gasteiger partial charge is 0.416 e. The third-order valence-corrected chi connectivity index (χ3v) is 6.19. The van der Waals surface area contributed by atoms with Crippen molar-refractivity contribution in [3.05, 3.63) is 75.2 Å². The zero-order chi connectivity index (χ0) is 26.0. The minimum absolute atomic E-state index is 0. The summed E-state index contributed by atoms with van der Waals surface area (Å²) in [7, 11) is -3.03. The summed E-state index contributed by atoms with van der Waals surface area (Å²) in [6.07, 6.45) is -3.18. The van der Waals surface area contributed by atoms with Gasteiger partial charge in [0.2, 0.25) is 5.91 Å². The lowest BCUT2D eigenvalue weighted by Crippen LogP contribution is -2.35. The fraction of sp³-hybridized carbons (Fsp3) is 0.348. The molecule has 0 spiro atoms. The van der Waals surface area contributed by atoms with Crippen LogP contribution in [0.3, 0.4) is 0 Å². The molecule has 1 amide bonds. The zero-order valence-corrected chi connectivity index (χ0v) is 20.0. The van der Waals surface area contributed by atoms with Crippen molar-refractivity contribution in [1.82, 2.24) is 19.7 Å². The highest BCUT2D eigenvalue weighted by atomic mass is 35.5. The molecule has 3 aromatic rings. The predicted molar refractivity (Wildman–Crippen MR) is 130 cm³/mol. The van der Waals surface area contributed by atoms with Gasteiger partial charge in [0.1, 0.15) is 12.6 Å². The molecular formula is C23H23ClF3N5O4S. The van der Waals surface area contributed by atoms with E-state index in [1.165, 1.54) is 10.6 Å². The van der Waals surface area contributed by atoms with Gasteiger partial charge in [-0.1, -0.05) is 37.2 Å².